The first-order chi connectivity index (χ1) is 17.4. The highest BCUT2D eigenvalue weighted by Gasteiger charge is 2.72. The van der Waals surface area contributed by atoms with Crippen LogP contribution in [0.4, 0.5) is 26.3 Å². The third-order valence-electron chi connectivity index (χ3n) is 8.23. The van der Waals surface area contributed by atoms with Gasteiger partial charge in [-0.15, -0.1) is 0 Å². The molecule has 0 bridgehead atoms. The third-order valence-corrected chi connectivity index (χ3v) is 8.23. The van der Waals surface area contributed by atoms with Crippen LogP contribution in [0.1, 0.15) is 75.7 Å². The number of carbonyl (C=O) groups is 3. The van der Waals surface area contributed by atoms with E-state index in [2.05, 4.69) is 0 Å². The largest absolute Gasteiger partial charge is 0.425 e. The summed E-state index contributed by atoms with van der Waals surface area (Å²) in [5.74, 6) is -3.99. The van der Waals surface area contributed by atoms with E-state index < -0.39 is 63.6 Å². The lowest BCUT2D eigenvalue weighted by molar-refractivity contribution is -0.192. The van der Waals surface area contributed by atoms with Gasteiger partial charge in [-0.1, -0.05) is 46.6 Å². The summed E-state index contributed by atoms with van der Waals surface area (Å²) in [4.78, 5) is 41.5. The molecule has 208 valence electrons. The van der Waals surface area contributed by atoms with E-state index >= 15 is 13.2 Å². The van der Waals surface area contributed by atoms with Crippen molar-refractivity contribution >= 4 is 17.6 Å². The molecule has 4 atom stereocenters. The Morgan fingerprint density at radius 1 is 1.03 bits per heavy atom. The SMILES string of the molecule is C[C@@H]1[C@@H](C)CCC[C@@H]1N1C(=O)[C@](NC(=O)c2cccc(C(F)(F)F)c2)(C(F)(F)F)C2=C1CC(C)(C)CC2=O. The monoisotopic (exact) mass is 544 g/mol. The number of Topliss-reactive ketones (excluding diaryl/α,β-unsaturated/α-hetero) is 1. The molecule has 5 nitrogen and oxygen atoms in total. The van der Waals surface area contributed by atoms with Crippen molar-refractivity contribution < 1.29 is 40.7 Å². The molecule has 0 spiro atoms. The van der Waals surface area contributed by atoms with Crippen LogP contribution in [0, 0.1) is 17.3 Å². The van der Waals surface area contributed by atoms with E-state index in [9.17, 15) is 27.6 Å². The first-order valence-corrected chi connectivity index (χ1v) is 12.6. The van der Waals surface area contributed by atoms with Crippen LogP contribution < -0.4 is 5.32 Å². The number of hydrogen-bond acceptors (Lipinski definition) is 3. The number of benzene rings is 1. The van der Waals surface area contributed by atoms with Crippen LogP contribution in [-0.2, 0) is 15.8 Å². The number of nitrogens with zero attached hydrogens (tertiary/aromatic N) is 1. The van der Waals surface area contributed by atoms with Crippen molar-refractivity contribution in [1.29, 1.82) is 0 Å². The van der Waals surface area contributed by atoms with Crippen molar-refractivity contribution in [3.05, 3.63) is 46.7 Å². The first-order valence-electron chi connectivity index (χ1n) is 12.6. The molecule has 1 saturated carbocycles. The van der Waals surface area contributed by atoms with Crippen molar-refractivity contribution in [2.75, 3.05) is 0 Å². The molecule has 1 N–H and O–H groups in total. The van der Waals surface area contributed by atoms with Gasteiger partial charge in [0, 0.05) is 23.7 Å². The molecule has 0 unspecified atom stereocenters. The summed E-state index contributed by atoms with van der Waals surface area (Å²) < 4.78 is 84.7. The quantitative estimate of drug-likeness (QED) is 0.472. The average Bonchev–Trinajstić information content (AvgIpc) is 3.02. The lowest BCUT2D eigenvalue weighted by Gasteiger charge is -2.43. The molecule has 0 aromatic heterocycles. The fraction of sp³-hybridized carbons (Fsp3) is 0.593. The summed E-state index contributed by atoms with van der Waals surface area (Å²) in [7, 11) is 0. The van der Waals surface area contributed by atoms with E-state index in [4.69, 9.17) is 0 Å². The highest BCUT2D eigenvalue weighted by atomic mass is 19.4. The van der Waals surface area contributed by atoms with Crippen molar-refractivity contribution in [2.45, 2.75) is 83.7 Å². The molecule has 1 fully saturated rings. The number of amides is 2. The second kappa shape index (κ2) is 9.12. The van der Waals surface area contributed by atoms with Gasteiger partial charge in [0.25, 0.3) is 11.8 Å². The minimum atomic E-state index is -5.43. The summed E-state index contributed by atoms with van der Waals surface area (Å²) in [6, 6.07) is 2.30. The molecule has 2 aliphatic carbocycles. The molecule has 11 heteroatoms. The number of nitrogens with one attached hydrogen (secondary N) is 1. The van der Waals surface area contributed by atoms with Gasteiger partial charge < -0.3 is 10.2 Å². The summed E-state index contributed by atoms with van der Waals surface area (Å²) in [6.07, 6.45) is -8.60. The van der Waals surface area contributed by atoms with Gasteiger partial charge in [-0.2, -0.15) is 26.3 Å². The van der Waals surface area contributed by atoms with E-state index in [0.29, 0.717) is 25.0 Å². The summed E-state index contributed by atoms with van der Waals surface area (Å²) >= 11 is 0. The van der Waals surface area contributed by atoms with Gasteiger partial charge in [-0.05, 0) is 48.3 Å². The van der Waals surface area contributed by atoms with Gasteiger partial charge in [0.1, 0.15) is 0 Å². The Balaban J connectivity index is 1.88. The Morgan fingerprint density at radius 2 is 1.68 bits per heavy atom. The van der Waals surface area contributed by atoms with E-state index in [0.717, 1.165) is 23.5 Å². The molecule has 3 aliphatic rings. The van der Waals surface area contributed by atoms with Gasteiger partial charge in [0.2, 0.25) is 5.54 Å². The smallest absolute Gasteiger partial charge is 0.326 e. The average molecular weight is 545 g/mol. The molecule has 4 rings (SSSR count). The molecule has 0 saturated heterocycles. The van der Waals surface area contributed by atoms with Crippen LogP contribution in [0.5, 0.6) is 0 Å². The molecular formula is C27H30F6N2O3. The number of hydrogen-bond donors (Lipinski definition) is 1. The van der Waals surface area contributed by atoms with Crippen LogP contribution >= 0.6 is 0 Å². The predicted octanol–water partition coefficient (Wildman–Crippen LogP) is 6.05. The van der Waals surface area contributed by atoms with Gasteiger partial charge >= 0.3 is 12.4 Å². The Hall–Kier alpha value is -2.85. The molecule has 38 heavy (non-hydrogen) atoms. The molecule has 0 radical (unpaired) electrons. The van der Waals surface area contributed by atoms with Crippen LogP contribution in [0.15, 0.2) is 35.5 Å². The second-order valence-corrected chi connectivity index (χ2v) is 11.6. The molecule has 1 aromatic carbocycles. The number of alkyl halides is 6. The molecular weight excluding hydrogens is 514 g/mol. The Labute approximate surface area is 216 Å². The third kappa shape index (κ3) is 4.51. The zero-order chi connectivity index (χ0) is 28.4. The zero-order valence-corrected chi connectivity index (χ0v) is 21.5. The summed E-state index contributed by atoms with van der Waals surface area (Å²) in [6.45, 7) is 7.25. The fourth-order valence-electron chi connectivity index (χ4n) is 6.13. The maximum absolute atomic E-state index is 15.0. The van der Waals surface area contributed by atoms with E-state index in [1.165, 1.54) is 0 Å². The van der Waals surface area contributed by atoms with Crippen LogP contribution in [0.2, 0.25) is 0 Å². The van der Waals surface area contributed by atoms with Crippen molar-refractivity contribution in [3.8, 4) is 0 Å². The number of carbonyl (C=O) groups excluding carboxylic acids is 3. The van der Waals surface area contributed by atoms with Gasteiger partial charge in [0.15, 0.2) is 5.78 Å². The molecule has 2 amide bonds. The van der Waals surface area contributed by atoms with Gasteiger partial charge in [0.05, 0.1) is 11.1 Å². The maximum Gasteiger partial charge on any atom is 0.425 e. The number of allylic oxidation sites excluding steroid dienone is 1. The minimum Gasteiger partial charge on any atom is -0.326 e. The van der Waals surface area contributed by atoms with E-state index in [1.54, 1.807) is 19.2 Å². The number of ketones is 1. The van der Waals surface area contributed by atoms with E-state index in [1.807, 2.05) is 13.8 Å². The van der Waals surface area contributed by atoms with Crippen molar-refractivity contribution in [1.82, 2.24) is 10.2 Å². The summed E-state index contributed by atoms with van der Waals surface area (Å²) in [5.41, 5.74) is -7.23. The second-order valence-electron chi connectivity index (χ2n) is 11.6. The number of rotatable bonds is 3. The standard InChI is InChI=1S/C27H30F6N2O3/c1-14-7-5-10-18(15(14)2)35-19-12-24(3,4)13-20(36)21(19)25(23(35)38,27(31,32)33)34-22(37)16-8-6-9-17(11-16)26(28,29)30/h6,8-9,11,14-15,18H,5,7,10,12-13H2,1-4H3,(H,34,37)/t14-,15+,18-,25-/m0/s1. The Kier molecular flexibility index (Phi) is 6.76. The zero-order valence-electron chi connectivity index (χ0n) is 21.5. The fourth-order valence-corrected chi connectivity index (χ4v) is 6.13. The van der Waals surface area contributed by atoms with Gasteiger partial charge in [-0.3, -0.25) is 14.4 Å². The van der Waals surface area contributed by atoms with Crippen LogP contribution in [0.3, 0.4) is 0 Å². The first kappa shape index (κ1) is 28.2. The Bertz CT molecular complexity index is 1200. The molecule has 1 aliphatic heterocycles. The maximum atomic E-state index is 15.0. The Morgan fingerprint density at radius 3 is 2.29 bits per heavy atom. The topological polar surface area (TPSA) is 66.5 Å². The highest BCUT2D eigenvalue weighted by molar-refractivity contribution is 6.14. The van der Waals surface area contributed by atoms with Gasteiger partial charge in [-0.25, -0.2) is 0 Å². The lowest BCUT2D eigenvalue weighted by Crippen LogP contribution is -2.67. The van der Waals surface area contributed by atoms with Crippen LogP contribution in [0.25, 0.3) is 0 Å². The normalized spacial score (nSPS) is 29.9. The lowest BCUT2D eigenvalue weighted by atomic mass is 9.72. The summed E-state index contributed by atoms with van der Waals surface area (Å²) in [5, 5.41) is 1.73. The minimum absolute atomic E-state index is 0.00860. The predicted molar refractivity (Wildman–Crippen MR) is 126 cm³/mol. The molecule has 1 aromatic rings. The number of halogens is 6. The van der Waals surface area contributed by atoms with Crippen LogP contribution in [-0.4, -0.2) is 40.3 Å². The molecule has 1 heterocycles. The van der Waals surface area contributed by atoms with E-state index in [-0.39, 0.29) is 30.4 Å². The van der Waals surface area contributed by atoms with Crippen molar-refractivity contribution in [3.63, 3.8) is 0 Å². The highest BCUT2D eigenvalue weighted by Crippen LogP contribution is 2.54. The van der Waals surface area contributed by atoms with Crippen molar-refractivity contribution in [2.24, 2.45) is 17.3 Å².